The SMILES string of the molecule is CC1CC(C)(C)N(C(C)C)c2ccc(/C=C3\SC(=O)N(CC(=O)Nc4ccc(Cl)cc4)C3=O)cc21. The lowest BCUT2D eigenvalue weighted by Gasteiger charge is -2.50. The highest BCUT2D eigenvalue weighted by atomic mass is 35.5. The van der Waals surface area contributed by atoms with Crippen molar-refractivity contribution < 1.29 is 14.4 Å². The van der Waals surface area contributed by atoms with Crippen LogP contribution in [0.3, 0.4) is 0 Å². The summed E-state index contributed by atoms with van der Waals surface area (Å²) in [5.74, 6) is -0.535. The minimum absolute atomic E-state index is 0.0529. The Balaban J connectivity index is 1.52. The number of halogens is 1. The number of carbonyl (C=O) groups is 3. The first-order chi connectivity index (χ1) is 16.5. The quantitative estimate of drug-likeness (QED) is 0.463. The second kappa shape index (κ2) is 9.70. The van der Waals surface area contributed by atoms with Gasteiger partial charge in [-0.1, -0.05) is 24.6 Å². The minimum Gasteiger partial charge on any atom is -0.364 e. The zero-order valence-corrected chi connectivity index (χ0v) is 22.2. The highest BCUT2D eigenvalue weighted by Crippen LogP contribution is 2.45. The van der Waals surface area contributed by atoms with Gasteiger partial charge in [0.25, 0.3) is 11.1 Å². The molecule has 4 rings (SSSR count). The third-order valence-corrected chi connectivity index (χ3v) is 7.58. The van der Waals surface area contributed by atoms with Crippen LogP contribution in [0, 0.1) is 0 Å². The topological polar surface area (TPSA) is 69.7 Å². The van der Waals surface area contributed by atoms with Crippen molar-refractivity contribution in [2.75, 3.05) is 16.8 Å². The molecule has 2 aromatic carbocycles. The minimum atomic E-state index is -0.457. The number of benzene rings is 2. The number of nitrogens with one attached hydrogen (secondary N) is 1. The largest absolute Gasteiger partial charge is 0.364 e. The maximum atomic E-state index is 12.9. The Hall–Kier alpha value is -2.77. The lowest BCUT2D eigenvalue weighted by molar-refractivity contribution is -0.127. The van der Waals surface area contributed by atoms with E-state index in [0.29, 0.717) is 27.6 Å². The van der Waals surface area contributed by atoms with Crippen molar-refractivity contribution in [1.82, 2.24) is 4.90 Å². The van der Waals surface area contributed by atoms with E-state index < -0.39 is 17.1 Å². The highest BCUT2D eigenvalue weighted by molar-refractivity contribution is 8.18. The van der Waals surface area contributed by atoms with Gasteiger partial charge < -0.3 is 10.2 Å². The molecular weight excluding hydrogens is 482 g/mol. The number of rotatable bonds is 5. The molecule has 0 bridgehead atoms. The van der Waals surface area contributed by atoms with E-state index in [2.05, 4.69) is 57.0 Å². The summed E-state index contributed by atoms with van der Waals surface area (Å²) in [5, 5.41) is 2.78. The Kier molecular flexibility index (Phi) is 7.02. The molecule has 1 unspecified atom stereocenters. The molecule has 0 aromatic heterocycles. The van der Waals surface area contributed by atoms with Crippen LogP contribution in [-0.4, -0.2) is 40.1 Å². The Labute approximate surface area is 215 Å². The lowest BCUT2D eigenvalue weighted by Crippen LogP contribution is -2.51. The molecule has 1 atom stereocenters. The van der Waals surface area contributed by atoms with Gasteiger partial charge in [-0.15, -0.1) is 0 Å². The van der Waals surface area contributed by atoms with Crippen molar-refractivity contribution in [3.05, 3.63) is 63.5 Å². The summed E-state index contributed by atoms with van der Waals surface area (Å²) in [7, 11) is 0. The van der Waals surface area contributed by atoms with Gasteiger partial charge in [0.2, 0.25) is 5.91 Å². The lowest BCUT2D eigenvalue weighted by atomic mass is 9.79. The normalized spacial score (nSPS) is 20.5. The maximum absolute atomic E-state index is 12.9. The molecule has 35 heavy (non-hydrogen) atoms. The van der Waals surface area contributed by atoms with E-state index in [4.69, 9.17) is 11.6 Å². The summed E-state index contributed by atoms with van der Waals surface area (Å²) < 4.78 is 0. The molecule has 0 radical (unpaired) electrons. The zero-order valence-electron chi connectivity index (χ0n) is 20.6. The van der Waals surface area contributed by atoms with E-state index in [-0.39, 0.29) is 12.1 Å². The summed E-state index contributed by atoms with van der Waals surface area (Å²) in [5.41, 5.74) is 3.93. The predicted molar refractivity (Wildman–Crippen MR) is 144 cm³/mol. The van der Waals surface area contributed by atoms with Crippen molar-refractivity contribution in [2.24, 2.45) is 0 Å². The number of amides is 3. The molecule has 2 aliphatic rings. The van der Waals surface area contributed by atoms with Crippen molar-refractivity contribution in [1.29, 1.82) is 0 Å². The molecule has 0 aliphatic carbocycles. The van der Waals surface area contributed by atoms with E-state index in [9.17, 15) is 14.4 Å². The van der Waals surface area contributed by atoms with Gasteiger partial charge in [-0.2, -0.15) is 0 Å². The standard InChI is InChI=1S/C27H30ClN3O3S/c1-16(2)31-22-11-6-18(12-21(22)17(3)14-27(31,4)5)13-23-25(33)30(26(34)35-23)15-24(32)29-20-9-7-19(28)8-10-20/h6-13,16-17H,14-15H2,1-5H3,(H,29,32)/b23-13-. The van der Waals surface area contributed by atoms with Crippen LogP contribution in [0.15, 0.2) is 47.4 Å². The molecule has 3 amide bonds. The number of carbonyl (C=O) groups excluding carboxylic acids is 3. The zero-order chi connectivity index (χ0) is 25.5. The van der Waals surface area contributed by atoms with Crippen molar-refractivity contribution in [3.8, 4) is 0 Å². The van der Waals surface area contributed by atoms with Gasteiger partial charge in [0.15, 0.2) is 0 Å². The first kappa shape index (κ1) is 25.3. The van der Waals surface area contributed by atoms with Gasteiger partial charge >= 0.3 is 0 Å². The predicted octanol–water partition coefficient (Wildman–Crippen LogP) is 6.52. The van der Waals surface area contributed by atoms with Crippen molar-refractivity contribution in [3.63, 3.8) is 0 Å². The van der Waals surface area contributed by atoms with Crippen molar-refractivity contribution >= 4 is 57.9 Å². The summed E-state index contributed by atoms with van der Waals surface area (Å²) in [4.78, 5) is 41.6. The van der Waals surface area contributed by atoms with Crippen LogP contribution in [-0.2, 0) is 9.59 Å². The van der Waals surface area contributed by atoms with Crippen LogP contribution < -0.4 is 10.2 Å². The van der Waals surface area contributed by atoms with Crippen LogP contribution in [0.25, 0.3) is 6.08 Å². The van der Waals surface area contributed by atoms with E-state index in [1.807, 2.05) is 6.07 Å². The number of fused-ring (bicyclic) bond motifs is 1. The number of anilines is 2. The number of hydrogen-bond donors (Lipinski definition) is 1. The molecule has 0 spiro atoms. The second-order valence-electron chi connectivity index (χ2n) is 10.0. The fourth-order valence-electron chi connectivity index (χ4n) is 5.20. The van der Waals surface area contributed by atoms with Crippen LogP contribution in [0.4, 0.5) is 16.2 Å². The molecule has 2 aromatic rings. The first-order valence-electron chi connectivity index (χ1n) is 11.7. The second-order valence-corrected chi connectivity index (χ2v) is 11.5. The maximum Gasteiger partial charge on any atom is 0.294 e. The molecule has 1 fully saturated rings. The van der Waals surface area contributed by atoms with Crippen molar-refractivity contribution in [2.45, 2.75) is 58.5 Å². The Morgan fingerprint density at radius 2 is 1.89 bits per heavy atom. The van der Waals surface area contributed by atoms with E-state index >= 15 is 0 Å². The Morgan fingerprint density at radius 1 is 1.20 bits per heavy atom. The molecule has 1 saturated heterocycles. The van der Waals surface area contributed by atoms with E-state index in [1.165, 1.54) is 11.3 Å². The molecular formula is C27H30ClN3O3S. The number of hydrogen-bond acceptors (Lipinski definition) is 5. The molecule has 2 aliphatic heterocycles. The van der Waals surface area contributed by atoms with Crippen LogP contribution in [0.1, 0.15) is 58.1 Å². The van der Waals surface area contributed by atoms with Crippen LogP contribution in [0.2, 0.25) is 5.02 Å². The highest BCUT2D eigenvalue weighted by Gasteiger charge is 2.38. The molecule has 0 saturated carbocycles. The third kappa shape index (κ3) is 5.26. The monoisotopic (exact) mass is 511 g/mol. The molecule has 8 heteroatoms. The molecule has 2 heterocycles. The molecule has 6 nitrogen and oxygen atoms in total. The fourth-order valence-corrected chi connectivity index (χ4v) is 6.17. The average molecular weight is 512 g/mol. The van der Waals surface area contributed by atoms with Gasteiger partial charge in [0.1, 0.15) is 6.54 Å². The summed E-state index contributed by atoms with van der Waals surface area (Å²) >= 11 is 6.73. The van der Waals surface area contributed by atoms with Gasteiger partial charge in [-0.3, -0.25) is 19.3 Å². The van der Waals surface area contributed by atoms with Gasteiger partial charge in [-0.05, 0) is 105 Å². The van der Waals surface area contributed by atoms with E-state index in [1.54, 1.807) is 30.3 Å². The number of imide groups is 1. The Morgan fingerprint density at radius 3 is 2.54 bits per heavy atom. The summed E-state index contributed by atoms with van der Waals surface area (Å²) in [6.07, 6.45) is 2.77. The molecule has 1 N–H and O–H groups in total. The van der Waals surface area contributed by atoms with Gasteiger partial charge in [0, 0.05) is 28.0 Å². The van der Waals surface area contributed by atoms with Gasteiger partial charge in [-0.25, -0.2) is 0 Å². The fraction of sp³-hybridized carbons (Fsp3) is 0.370. The van der Waals surface area contributed by atoms with Gasteiger partial charge in [0.05, 0.1) is 4.91 Å². The number of nitrogens with zero attached hydrogens (tertiary/aromatic N) is 2. The average Bonchev–Trinajstić information content (AvgIpc) is 3.02. The smallest absolute Gasteiger partial charge is 0.294 e. The van der Waals surface area contributed by atoms with Crippen LogP contribution >= 0.6 is 23.4 Å². The Bertz CT molecular complexity index is 1210. The van der Waals surface area contributed by atoms with E-state index in [0.717, 1.165) is 28.6 Å². The third-order valence-electron chi connectivity index (χ3n) is 6.42. The first-order valence-corrected chi connectivity index (χ1v) is 12.9. The summed E-state index contributed by atoms with van der Waals surface area (Å²) in [6, 6.07) is 13.2. The summed E-state index contributed by atoms with van der Waals surface area (Å²) in [6.45, 7) is 10.8. The number of thioether (sulfide) groups is 1. The van der Waals surface area contributed by atoms with Crippen LogP contribution in [0.5, 0.6) is 0 Å². The molecule has 184 valence electrons.